The lowest BCUT2D eigenvalue weighted by molar-refractivity contribution is -0.140. The van der Waals surface area contributed by atoms with Gasteiger partial charge < -0.3 is 24.8 Å². The average molecular weight is 623 g/mol. The summed E-state index contributed by atoms with van der Waals surface area (Å²) >= 11 is 0. The molecule has 4 heterocycles. The zero-order valence-corrected chi connectivity index (χ0v) is 26.3. The number of morpholine rings is 1. The molecule has 0 bridgehead atoms. The molecule has 0 radical (unpaired) electrons. The van der Waals surface area contributed by atoms with Crippen molar-refractivity contribution in [3.05, 3.63) is 59.7 Å². The summed E-state index contributed by atoms with van der Waals surface area (Å²) in [5.74, 6) is 0.884. The van der Waals surface area contributed by atoms with Crippen molar-refractivity contribution in [1.29, 1.82) is 0 Å². The highest BCUT2D eigenvalue weighted by Gasteiger charge is 2.29. The van der Waals surface area contributed by atoms with Gasteiger partial charge in [0.05, 0.1) is 13.2 Å². The standard InChI is InChI=1S/C16H20N2O4.C16H20N2O3.C2H6/c19-15-6-5-14(16(20)18-15)22-13-3-1-11(2-4-13)9-12-10-21-8-7-17-12;19-15-6-5-14(16(20)18-15)21-13-3-1-11(2-4-13)9-12-7-8-17-10-12;1-2/h1-4,12,14,17H,5-10H2,(H,18,19,20);1-4,12,14,17H,5-10H2,(H,18,19,20);1-2H3. The molecule has 0 spiro atoms. The second kappa shape index (κ2) is 17.6. The highest BCUT2D eigenvalue weighted by molar-refractivity contribution is 6.00. The van der Waals surface area contributed by atoms with E-state index in [1.54, 1.807) is 0 Å². The number of benzene rings is 2. The first-order valence-electron chi connectivity index (χ1n) is 16.1. The van der Waals surface area contributed by atoms with Gasteiger partial charge in [-0.15, -0.1) is 0 Å². The Hall–Kier alpha value is -3.80. The van der Waals surface area contributed by atoms with Crippen molar-refractivity contribution in [3.63, 3.8) is 0 Å². The topological polar surface area (TPSA) is 144 Å². The van der Waals surface area contributed by atoms with Crippen LogP contribution in [0.25, 0.3) is 0 Å². The maximum atomic E-state index is 11.7. The molecule has 4 amide bonds. The number of carbonyl (C=O) groups excluding carboxylic acids is 4. The number of ether oxygens (including phenoxy) is 3. The van der Waals surface area contributed by atoms with Gasteiger partial charge in [-0.25, -0.2) is 0 Å². The highest BCUT2D eigenvalue weighted by atomic mass is 16.5. The third-order valence-corrected chi connectivity index (χ3v) is 7.95. The van der Waals surface area contributed by atoms with Gasteiger partial charge in [0.1, 0.15) is 11.5 Å². The van der Waals surface area contributed by atoms with Crippen LogP contribution in [0.5, 0.6) is 11.5 Å². The summed E-state index contributed by atoms with van der Waals surface area (Å²) in [5.41, 5.74) is 2.48. The van der Waals surface area contributed by atoms with Gasteiger partial charge in [-0.3, -0.25) is 29.8 Å². The van der Waals surface area contributed by atoms with Crippen LogP contribution in [0.15, 0.2) is 48.5 Å². The lowest BCUT2D eigenvalue weighted by Gasteiger charge is -2.24. The molecule has 4 saturated heterocycles. The molecule has 4 aliphatic heterocycles. The van der Waals surface area contributed by atoms with Crippen LogP contribution in [0.4, 0.5) is 0 Å². The van der Waals surface area contributed by atoms with Crippen molar-refractivity contribution in [2.45, 2.75) is 77.0 Å². The number of amides is 4. The van der Waals surface area contributed by atoms with E-state index in [1.807, 2.05) is 50.2 Å². The van der Waals surface area contributed by atoms with E-state index < -0.39 is 12.2 Å². The van der Waals surface area contributed by atoms with Crippen molar-refractivity contribution in [3.8, 4) is 11.5 Å². The molecule has 6 rings (SSSR count). The largest absolute Gasteiger partial charge is 0.481 e. The van der Waals surface area contributed by atoms with Crippen LogP contribution >= 0.6 is 0 Å². The first kappa shape index (κ1) is 34.1. The second-order valence-electron chi connectivity index (χ2n) is 11.4. The van der Waals surface area contributed by atoms with Crippen molar-refractivity contribution in [2.24, 2.45) is 5.92 Å². The van der Waals surface area contributed by atoms with Crippen molar-refractivity contribution >= 4 is 23.6 Å². The fourth-order valence-electron chi connectivity index (χ4n) is 5.57. The molecule has 2 aromatic rings. The number of piperidine rings is 2. The van der Waals surface area contributed by atoms with Crippen molar-refractivity contribution in [2.75, 3.05) is 32.8 Å². The van der Waals surface area contributed by atoms with Crippen molar-refractivity contribution < 1.29 is 33.4 Å². The van der Waals surface area contributed by atoms with E-state index in [-0.39, 0.29) is 23.6 Å². The van der Waals surface area contributed by atoms with E-state index in [1.165, 1.54) is 17.5 Å². The Morgan fingerprint density at radius 3 is 1.69 bits per heavy atom. The molecule has 0 aromatic heterocycles. The molecular weight excluding hydrogens is 576 g/mol. The third-order valence-electron chi connectivity index (χ3n) is 7.95. The quantitative estimate of drug-likeness (QED) is 0.327. The number of carbonyl (C=O) groups is 4. The molecule has 4 atom stereocenters. The van der Waals surface area contributed by atoms with E-state index in [9.17, 15) is 19.2 Å². The molecule has 45 heavy (non-hydrogen) atoms. The monoisotopic (exact) mass is 622 g/mol. The average Bonchev–Trinajstić information content (AvgIpc) is 3.57. The van der Waals surface area contributed by atoms with Crippen LogP contribution in [-0.2, 0) is 36.8 Å². The Morgan fingerprint density at radius 1 is 0.711 bits per heavy atom. The molecule has 2 aromatic carbocycles. The SMILES string of the molecule is CC.O=C1CCC(Oc2ccc(CC3CCNC3)cc2)C(=O)N1.O=C1CCC(Oc2ccc(CC3COCCN3)cc2)C(=O)N1. The van der Waals surface area contributed by atoms with E-state index in [0.717, 1.165) is 45.7 Å². The number of rotatable bonds is 8. The first-order chi connectivity index (χ1) is 21.9. The van der Waals surface area contributed by atoms with E-state index in [2.05, 4.69) is 33.4 Å². The van der Waals surface area contributed by atoms with Gasteiger partial charge in [-0.2, -0.15) is 0 Å². The molecule has 0 saturated carbocycles. The van der Waals surface area contributed by atoms with Gasteiger partial charge >= 0.3 is 0 Å². The molecule has 4 unspecified atom stereocenters. The van der Waals surface area contributed by atoms with Crippen LogP contribution in [0.3, 0.4) is 0 Å². The van der Waals surface area contributed by atoms with Crippen LogP contribution in [-0.4, -0.2) is 74.7 Å². The molecule has 11 nitrogen and oxygen atoms in total. The van der Waals surface area contributed by atoms with Crippen LogP contribution in [0.2, 0.25) is 0 Å². The highest BCUT2D eigenvalue weighted by Crippen LogP contribution is 2.21. The lowest BCUT2D eigenvalue weighted by Crippen LogP contribution is -2.46. The smallest absolute Gasteiger partial charge is 0.267 e. The fourth-order valence-corrected chi connectivity index (χ4v) is 5.57. The Kier molecular flexibility index (Phi) is 13.3. The van der Waals surface area contributed by atoms with Crippen LogP contribution in [0, 0.1) is 5.92 Å². The van der Waals surface area contributed by atoms with Crippen LogP contribution < -0.4 is 30.7 Å². The number of hydrogen-bond acceptors (Lipinski definition) is 9. The van der Waals surface area contributed by atoms with E-state index in [4.69, 9.17) is 14.2 Å². The number of hydrogen-bond donors (Lipinski definition) is 4. The Labute approximate surface area is 265 Å². The van der Waals surface area contributed by atoms with Crippen LogP contribution in [0.1, 0.15) is 57.1 Å². The molecule has 244 valence electrons. The minimum atomic E-state index is -0.586. The van der Waals surface area contributed by atoms with Crippen molar-refractivity contribution in [1.82, 2.24) is 21.3 Å². The Morgan fingerprint density at radius 2 is 1.24 bits per heavy atom. The number of imide groups is 2. The van der Waals surface area contributed by atoms with E-state index in [0.29, 0.717) is 49.1 Å². The summed E-state index contributed by atoms with van der Waals surface area (Å²) in [6, 6.07) is 16.0. The van der Waals surface area contributed by atoms with Gasteiger partial charge in [-0.1, -0.05) is 38.1 Å². The Balaban J connectivity index is 0.000000194. The molecule has 4 N–H and O–H groups in total. The summed E-state index contributed by atoms with van der Waals surface area (Å²) in [6.07, 6.45) is 3.59. The molecule has 11 heteroatoms. The maximum Gasteiger partial charge on any atom is 0.267 e. The van der Waals surface area contributed by atoms with Gasteiger partial charge in [0.25, 0.3) is 11.8 Å². The lowest BCUT2D eigenvalue weighted by atomic mass is 9.99. The molecule has 0 aliphatic carbocycles. The first-order valence-corrected chi connectivity index (χ1v) is 16.1. The second-order valence-corrected chi connectivity index (χ2v) is 11.4. The minimum Gasteiger partial charge on any atom is -0.481 e. The molecule has 4 fully saturated rings. The summed E-state index contributed by atoms with van der Waals surface area (Å²) in [5, 5.41) is 11.4. The third kappa shape index (κ3) is 10.9. The van der Waals surface area contributed by atoms with Gasteiger partial charge in [0.2, 0.25) is 11.8 Å². The zero-order valence-electron chi connectivity index (χ0n) is 26.3. The summed E-state index contributed by atoms with van der Waals surface area (Å²) in [7, 11) is 0. The normalized spacial score (nSPS) is 24.7. The molecular formula is C34H46N4O7. The van der Waals surface area contributed by atoms with Gasteiger partial charge in [0, 0.05) is 38.3 Å². The summed E-state index contributed by atoms with van der Waals surface area (Å²) in [4.78, 5) is 45.5. The summed E-state index contributed by atoms with van der Waals surface area (Å²) in [6.45, 7) is 8.60. The van der Waals surface area contributed by atoms with Gasteiger partial charge in [-0.05, 0) is 73.7 Å². The van der Waals surface area contributed by atoms with E-state index >= 15 is 0 Å². The Bertz CT molecular complexity index is 1260. The summed E-state index contributed by atoms with van der Waals surface area (Å²) < 4.78 is 16.8. The maximum absolute atomic E-state index is 11.7. The number of nitrogens with one attached hydrogen (secondary N) is 4. The predicted molar refractivity (Wildman–Crippen MR) is 169 cm³/mol. The van der Waals surface area contributed by atoms with Gasteiger partial charge in [0.15, 0.2) is 12.2 Å². The zero-order chi connectivity index (χ0) is 32.0. The molecule has 4 aliphatic rings. The minimum absolute atomic E-state index is 0.222. The predicted octanol–water partition coefficient (Wildman–Crippen LogP) is 2.45. The fraction of sp³-hybridized carbons (Fsp3) is 0.529.